The molecule has 14 heavy (non-hydrogen) atoms. The number of esters is 1. The van der Waals surface area contributed by atoms with Gasteiger partial charge < -0.3 is 4.74 Å². The van der Waals surface area contributed by atoms with Gasteiger partial charge in [-0.2, -0.15) is 0 Å². The predicted octanol–water partition coefficient (Wildman–Crippen LogP) is 3.30. The van der Waals surface area contributed by atoms with Gasteiger partial charge in [0.2, 0.25) is 0 Å². The van der Waals surface area contributed by atoms with Gasteiger partial charge in [-0.1, -0.05) is 46.0 Å². The minimum absolute atomic E-state index is 0.0416. The second-order valence-electron chi connectivity index (χ2n) is 4.22. The van der Waals surface area contributed by atoms with Crippen molar-refractivity contribution in [1.29, 1.82) is 0 Å². The van der Waals surface area contributed by atoms with E-state index in [0.29, 0.717) is 0 Å². The normalized spacial score (nSPS) is 25.7. The number of rotatable bonds is 7. The number of carbonyl (C=O) groups is 1. The summed E-state index contributed by atoms with van der Waals surface area (Å²) < 4.78 is 5.11. The van der Waals surface area contributed by atoms with Gasteiger partial charge in [0.05, 0.1) is 5.92 Å². The first-order chi connectivity index (χ1) is 6.79. The third kappa shape index (κ3) is 3.00. The minimum Gasteiger partial charge on any atom is -0.461 e. The van der Waals surface area contributed by atoms with Crippen LogP contribution in [-0.4, -0.2) is 12.1 Å². The summed E-state index contributed by atoms with van der Waals surface area (Å²) in [6, 6.07) is 0. The van der Waals surface area contributed by atoms with Crippen LogP contribution in [0.5, 0.6) is 0 Å². The molecule has 0 aliphatic carbocycles. The molecule has 0 amide bonds. The summed E-state index contributed by atoms with van der Waals surface area (Å²) in [7, 11) is 0. The number of unbranched alkanes of at least 4 members (excludes halogenated alkanes) is 3. The van der Waals surface area contributed by atoms with Crippen molar-refractivity contribution >= 4 is 5.97 Å². The van der Waals surface area contributed by atoms with Crippen molar-refractivity contribution in [2.24, 2.45) is 5.92 Å². The average Bonchev–Trinajstić information content (AvgIpc) is 2.17. The van der Waals surface area contributed by atoms with E-state index in [1.165, 1.54) is 25.7 Å². The van der Waals surface area contributed by atoms with Gasteiger partial charge in [-0.15, -0.1) is 0 Å². The molecule has 1 saturated heterocycles. The van der Waals surface area contributed by atoms with Crippen molar-refractivity contribution in [3.05, 3.63) is 0 Å². The number of ether oxygens (including phenoxy) is 1. The van der Waals surface area contributed by atoms with Gasteiger partial charge in [-0.05, 0) is 12.8 Å². The Morgan fingerprint density at radius 3 is 2.43 bits per heavy atom. The molecule has 1 heterocycles. The maximum absolute atomic E-state index is 11.2. The molecule has 2 atom stereocenters. The second kappa shape index (κ2) is 6.05. The first-order valence-corrected chi connectivity index (χ1v) is 6.00. The lowest BCUT2D eigenvalue weighted by Crippen LogP contribution is -2.44. The molecular formula is C12H22O2. The van der Waals surface area contributed by atoms with Crippen LogP contribution in [0.2, 0.25) is 0 Å². The maximum atomic E-state index is 11.2. The van der Waals surface area contributed by atoms with E-state index < -0.39 is 0 Å². The van der Waals surface area contributed by atoms with Crippen molar-refractivity contribution in [1.82, 2.24) is 0 Å². The fourth-order valence-electron chi connectivity index (χ4n) is 2.04. The molecule has 0 N–H and O–H groups in total. The molecule has 0 saturated carbocycles. The Bertz CT molecular complexity index is 177. The molecule has 0 radical (unpaired) electrons. The van der Waals surface area contributed by atoms with Gasteiger partial charge in [0.1, 0.15) is 6.10 Å². The third-order valence-corrected chi connectivity index (χ3v) is 2.96. The summed E-state index contributed by atoms with van der Waals surface area (Å²) in [6.45, 7) is 4.35. The molecular weight excluding hydrogens is 176 g/mol. The quantitative estimate of drug-likeness (QED) is 0.463. The minimum atomic E-state index is 0.0416. The Balaban J connectivity index is 2.12. The summed E-state index contributed by atoms with van der Waals surface area (Å²) in [6.07, 6.45) is 8.45. The van der Waals surface area contributed by atoms with Crippen molar-refractivity contribution in [3.8, 4) is 0 Å². The van der Waals surface area contributed by atoms with Crippen LogP contribution in [0.3, 0.4) is 0 Å². The molecule has 1 rings (SSSR count). The molecule has 0 aromatic carbocycles. The molecule has 0 unspecified atom stereocenters. The Morgan fingerprint density at radius 2 is 1.86 bits per heavy atom. The fourth-order valence-corrected chi connectivity index (χ4v) is 2.04. The lowest BCUT2D eigenvalue weighted by Gasteiger charge is -2.35. The maximum Gasteiger partial charge on any atom is 0.313 e. The molecule has 82 valence electrons. The summed E-state index contributed by atoms with van der Waals surface area (Å²) >= 11 is 0. The smallest absolute Gasteiger partial charge is 0.313 e. The van der Waals surface area contributed by atoms with Gasteiger partial charge in [-0.3, -0.25) is 4.79 Å². The van der Waals surface area contributed by atoms with Crippen LogP contribution in [0.15, 0.2) is 0 Å². The summed E-state index contributed by atoms with van der Waals surface area (Å²) in [5.41, 5.74) is 0. The van der Waals surface area contributed by atoms with Gasteiger partial charge in [0, 0.05) is 0 Å². The van der Waals surface area contributed by atoms with E-state index >= 15 is 0 Å². The zero-order valence-corrected chi connectivity index (χ0v) is 9.42. The molecule has 2 nitrogen and oxygen atoms in total. The fraction of sp³-hybridized carbons (Fsp3) is 0.917. The van der Waals surface area contributed by atoms with Crippen molar-refractivity contribution in [2.75, 3.05) is 0 Å². The van der Waals surface area contributed by atoms with Crippen molar-refractivity contribution in [2.45, 2.75) is 64.9 Å². The van der Waals surface area contributed by atoms with E-state index in [4.69, 9.17) is 4.74 Å². The standard InChI is InChI=1S/C12H22O2/c1-3-5-6-7-9-10-11(8-4-2)14-12(10)13/h10-11H,3-9H2,1-2H3/t10-,11+/m1/s1. The molecule has 1 aliphatic rings. The van der Waals surface area contributed by atoms with Crippen LogP contribution in [0.1, 0.15) is 58.8 Å². The van der Waals surface area contributed by atoms with Crippen LogP contribution in [0.4, 0.5) is 0 Å². The van der Waals surface area contributed by atoms with Gasteiger partial charge in [0.25, 0.3) is 0 Å². The summed E-state index contributed by atoms with van der Waals surface area (Å²) in [5, 5.41) is 0. The average molecular weight is 198 g/mol. The monoisotopic (exact) mass is 198 g/mol. The van der Waals surface area contributed by atoms with Crippen molar-refractivity contribution in [3.63, 3.8) is 0 Å². The van der Waals surface area contributed by atoms with Gasteiger partial charge in [0.15, 0.2) is 0 Å². The van der Waals surface area contributed by atoms with E-state index in [0.717, 1.165) is 19.3 Å². The molecule has 0 bridgehead atoms. The van der Waals surface area contributed by atoms with E-state index in [2.05, 4.69) is 13.8 Å². The van der Waals surface area contributed by atoms with Crippen LogP contribution in [0, 0.1) is 5.92 Å². The number of carbonyl (C=O) groups excluding carboxylic acids is 1. The first kappa shape index (κ1) is 11.5. The van der Waals surface area contributed by atoms with E-state index in [1.54, 1.807) is 0 Å². The molecule has 2 heteroatoms. The Kier molecular flexibility index (Phi) is 4.99. The largest absolute Gasteiger partial charge is 0.461 e. The third-order valence-electron chi connectivity index (χ3n) is 2.96. The number of cyclic esters (lactones) is 1. The zero-order chi connectivity index (χ0) is 10.4. The lowest BCUT2D eigenvalue weighted by atomic mass is 9.88. The van der Waals surface area contributed by atoms with Crippen LogP contribution in [0.25, 0.3) is 0 Å². The highest BCUT2D eigenvalue weighted by atomic mass is 16.6. The highest BCUT2D eigenvalue weighted by molar-refractivity contribution is 5.78. The number of hydrogen-bond acceptors (Lipinski definition) is 2. The highest BCUT2D eigenvalue weighted by Gasteiger charge is 2.40. The first-order valence-electron chi connectivity index (χ1n) is 6.00. The van der Waals surface area contributed by atoms with Gasteiger partial charge >= 0.3 is 5.97 Å². The Hall–Kier alpha value is -0.530. The molecule has 0 aromatic rings. The summed E-state index contributed by atoms with van der Waals surface area (Å²) in [4.78, 5) is 11.2. The molecule has 0 spiro atoms. The van der Waals surface area contributed by atoms with E-state index in [1.807, 2.05) is 0 Å². The predicted molar refractivity (Wildman–Crippen MR) is 57.0 cm³/mol. The molecule has 1 aliphatic heterocycles. The second-order valence-corrected chi connectivity index (χ2v) is 4.22. The van der Waals surface area contributed by atoms with Crippen LogP contribution < -0.4 is 0 Å². The van der Waals surface area contributed by atoms with Crippen molar-refractivity contribution < 1.29 is 9.53 Å². The highest BCUT2D eigenvalue weighted by Crippen LogP contribution is 2.30. The SMILES string of the molecule is CCCCCC[C@H]1C(=O)O[C@H]1CCC. The summed E-state index contributed by atoms with van der Waals surface area (Å²) in [5.74, 6) is 0.270. The van der Waals surface area contributed by atoms with E-state index in [-0.39, 0.29) is 18.0 Å². The van der Waals surface area contributed by atoms with Gasteiger partial charge in [-0.25, -0.2) is 0 Å². The van der Waals surface area contributed by atoms with Crippen LogP contribution >= 0.6 is 0 Å². The van der Waals surface area contributed by atoms with Crippen LogP contribution in [-0.2, 0) is 9.53 Å². The van der Waals surface area contributed by atoms with E-state index in [9.17, 15) is 4.79 Å². The zero-order valence-electron chi connectivity index (χ0n) is 9.42. The number of hydrogen-bond donors (Lipinski definition) is 0. The molecule has 1 fully saturated rings. The Labute approximate surface area is 87.0 Å². The Morgan fingerprint density at radius 1 is 1.07 bits per heavy atom. The topological polar surface area (TPSA) is 26.3 Å². The lowest BCUT2D eigenvalue weighted by molar-refractivity contribution is -0.186. The molecule has 0 aromatic heterocycles.